The fraction of sp³-hybridized carbons (Fsp3) is 0.261. The molecule has 0 saturated heterocycles. The van der Waals surface area contributed by atoms with Gasteiger partial charge in [0.2, 0.25) is 0 Å². The molecule has 1 heterocycles. The second-order valence-corrected chi connectivity index (χ2v) is 8.01. The standard InChI is InChI=1S/C23H24N2O4S/c1-14-9-11-18(12-10-14)24-22(26)17(4)28-23(27)19-7-5-6-8-21(19)30-13-20-15(2)25-29-16(20)3/h5-12,17H,13H2,1-4H3,(H,24,26)/t17-/m1/s1. The third-order valence-electron chi connectivity index (χ3n) is 4.63. The van der Waals surface area contributed by atoms with Gasteiger partial charge in [-0.05, 0) is 52.0 Å². The molecule has 2 aromatic carbocycles. The van der Waals surface area contributed by atoms with Crippen LogP contribution in [0.2, 0.25) is 0 Å². The van der Waals surface area contributed by atoms with Crippen molar-refractivity contribution in [3.63, 3.8) is 0 Å². The smallest absolute Gasteiger partial charge is 0.340 e. The van der Waals surface area contributed by atoms with E-state index in [2.05, 4.69) is 10.5 Å². The number of hydrogen-bond donors (Lipinski definition) is 1. The van der Waals surface area contributed by atoms with Gasteiger partial charge in [-0.15, -0.1) is 11.8 Å². The van der Waals surface area contributed by atoms with Crippen LogP contribution in [0.15, 0.2) is 57.9 Å². The maximum atomic E-state index is 12.7. The van der Waals surface area contributed by atoms with E-state index in [1.165, 1.54) is 11.8 Å². The minimum absolute atomic E-state index is 0.381. The lowest BCUT2D eigenvalue weighted by atomic mass is 10.2. The van der Waals surface area contributed by atoms with Crippen LogP contribution in [0.25, 0.3) is 0 Å². The number of amides is 1. The van der Waals surface area contributed by atoms with E-state index in [1.807, 2.05) is 57.2 Å². The molecule has 0 aliphatic rings. The number of carbonyl (C=O) groups excluding carboxylic acids is 2. The molecule has 0 saturated carbocycles. The summed E-state index contributed by atoms with van der Waals surface area (Å²) >= 11 is 1.50. The minimum Gasteiger partial charge on any atom is -0.449 e. The number of aromatic nitrogens is 1. The number of rotatable bonds is 7. The highest BCUT2D eigenvalue weighted by atomic mass is 32.2. The third kappa shape index (κ3) is 5.30. The van der Waals surface area contributed by atoms with Crippen LogP contribution in [0.5, 0.6) is 0 Å². The lowest BCUT2D eigenvalue weighted by Gasteiger charge is -2.15. The van der Waals surface area contributed by atoms with Gasteiger partial charge < -0.3 is 14.6 Å². The van der Waals surface area contributed by atoms with Gasteiger partial charge in [0, 0.05) is 21.9 Å². The molecular weight excluding hydrogens is 400 g/mol. The predicted octanol–water partition coefficient (Wildman–Crippen LogP) is 5.08. The van der Waals surface area contributed by atoms with E-state index in [4.69, 9.17) is 9.26 Å². The van der Waals surface area contributed by atoms with Crippen molar-refractivity contribution in [2.24, 2.45) is 0 Å². The summed E-state index contributed by atoms with van der Waals surface area (Å²) < 4.78 is 10.6. The average molecular weight is 425 g/mol. The van der Waals surface area contributed by atoms with Crippen molar-refractivity contribution in [2.45, 2.75) is 44.4 Å². The second kappa shape index (κ2) is 9.63. The number of carbonyl (C=O) groups is 2. The molecule has 0 bridgehead atoms. The SMILES string of the molecule is Cc1ccc(NC(=O)[C@@H](C)OC(=O)c2ccccc2SCc2c(C)noc2C)cc1. The van der Waals surface area contributed by atoms with Crippen molar-refractivity contribution < 1.29 is 18.8 Å². The molecule has 0 fully saturated rings. The number of nitrogens with one attached hydrogen (secondary N) is 1. The minimum atomic E-state index is -0.931. The average Bonchev–Trinajstić information content (AvgIpc) is 3.05. The number of anilines is 1. The first-order valence-corrected chi connectivity index (χ1v) is 10.6. The van der Waals surface area contributed by atoms with Crippen molar-refractivity contribution in [3.05, 3.63) is 76.7 Å². The molecule has 0 spiro atoms. The predicted molar refractivity (Wildman–Crippen MR) is 117 cm³/mol. The van der Waals surface area contributed by atoms with E-state index in [0.717, 1.165) is 27.5 Å². The van der Waals surface area contributed by atoms with Gasteiger partial charge in [-0.25, -0.2) is 4.79 Å². The maximum absolute atomic E-state index is 12.7. The van der Waals surface area contributed by atoms with Crippen LogP contribution in [-0.4, -0.2) is 23.1 Å². The first kappa shape index (κ1) is 21.6. The second-order valence-electron chi connectivity index (χ2n) is 6.99. The molecular formula is C23H24N2O4S. The number of esters is 1. The fourth-order valence-corrected chi connectivity index (χ4v) is 3.97. The molecule has 6 nitrogen and oxygen atoms in total. The Morgan fingerprint density at radius 3 is 2.47 bits per heavy atom. The first-order chi connectivity index (χ1) is 14.3. The van der Waals surface area contributed by atoms with Crippen molar-refractivity contribution in [3.8, 4) is 0 Å². The van der Waals surface area contributed by atoms with E-state index in [9.17, 15) is 9.59 Å². The Morgan fingerprint density at radius 1 is 1.10 bits per heavy atom. The Bertz CT molecular complexity index is 1020. The summed E-state index contributed by atoms with van der Waals surface area (Å²) in [6.07, 6.45) is -0.931. The zero-order valence-corrected chi connectivity index (χ0v) is 18.2. The number of benzene rings is 2. The summed E-state index contributed by atoms with van der Waals surface area (Å²) in [5.74, 6) is 0.465. The number of aryl methyl sites for hydroxylation is 3. The van der Waals surface area contributed by atoms with Crippen LogP contribution in [0.1, 0.15) is 39.9 Å². The monoisotopic (exact) mass is 424 g/mol. The van der Waals surface area contributed by atoms with E-state index < -0.39 is 12.1 Å². The molecule has 30 heavy (non-hydrogen) atoms. The van der Waals surface area contributed by atoms with Crippen LogP contribution in [-0.2, 0) is 15.3 Å². The molecule has 1 aromatic heterocycles. The van der Waals surface area contributed by atoms with Crippen molar-refractivity contribution >= 4 is 29.3 Å². The lowest BCUT2D eigenvalue weighted by Crippen LogP contribution is -2.30. The lowest BCUT2D eigenvalue weighted by molar-refractivity contribution is -0.123. The molecule has 0 aliphatic heterocycles. The Kier molecular flexibility index (Phi) is 6.95. The van der Waals surface area contributed by atoms with Crippen LogP contribution in [0, 0.1) is 20.8 Å². The van der Waals surface area contributed by atoms with Gasteiger partial charge in [-0.3, -0.25) is 4.79 Å². The molecule has 1 N–H and O–H groups in total. The summed E-state index contributed by atoms with van der Waals surface area (Å²) in [4.78, 5) is 25.9. The number of thioether (sulfide) groups is 1. The molecule has 0 unspecified atom stereocenters. The number of nitrogens with zero attached hydrogens (tertiary/aromatic N) is 1. The van der Waals surface area contributed by atoms with E-state index in [1.54, 1.807) is 19.1 Å². The Hall–Kier alpha value is -3.06. The van der Waals surface area contributed by atoms with Crippen LogP contribution in [0.3, 0.4) is 0 Å². The zero-order valence-electron chi connectivity index (χ0n) is 17.4. The van der Waals surface area contributed by atoms with Gasteiger partial charge in [0.1, 0.15) is 5.76 Å². The normalized spacial score (nSPS) is 11.7. The summed E-state index contributed by atoms with van der Waals surface area (Å²) in [7, 11) is 0. The number of ether oxygens (including phenoxy) is 1. The Labute approximate surface area is 180 Å². The van der Waals surface area contributed by atoms with Gasteiger partial charge in [0.15, 0.2) is 6.10 Å². The highest BCUT2D eigenvalue weighted by Crippen LogP contribution is 2.29. The molecule has 7 heteroatoms. The van der Waals surface area contributed by atoms with E-state index in [0.29, 0.717) is 17.0 Å². The van der Waals surface area contributed by atoms with Gasteiger partial charge in [-0.1, -0.05) is 35.0 Å². The van der Waals surface area contributed by atoms with Crippen molar-refractivity contribution in [2.75, 3.05) is 5.32 Å². The molecule has 3 rings (SSSR count). The van der Waals surface area contributed by atoms with E-state index in [-0.39, 0.29) is 5.91 Å². The molecule has 0 radical (unpaired) electrons. The van der Waals surface area contributed by atoms with Crippen molar-refractivity contribution in [1.29, 1.82) is 0 Å². The summed E-state index contributed by atoms with van der Waals surface area (Å²) in [5.41, 5.74) is 4.02. The molecule has 1 atom stereocenters. The fourth-order valence-electron chi connectivity index (χ4n) is 2.78. The molecule has 156 valence electrons. The van der Waals surface area contributed by atoms with Crippen LogP contribution in [0.4, 0.5) is 5.69 Å². The molecule has 1 amide bonds. The maximum Gasteiger partial charge on any atom is 0.340 e. The first-order valence-electron chi connectivity index (χ1n) is 9.57. The van der Waals surface area contributed by atoms with Gasteiger partial charge in [0.25, 0.3) is 5.91 Å². The van der Waals surface area contributed by atoms with Crippen molar-refractivity contribution in [1.82, 2.24) is 5.16 Å². The topological polar surface area (TPSA) is 81.4 Å². The largest absolute Gasteiger partial charge is 0.449 e. The van der Waals surface area contributed by atoms with Gasteiger partial charge >= 0.3 is 5.97 Å². The van der Waals surface area contributed by atoms with Crippen LogP contribution >= 0.6 is 11.8 Å². The molecule has 0 aliphatic carbocycles. The van der Waals surface area contributed by atoms with E-state index >= 15 is 0 Å². The summed E-state index contributed by atoms with van der Waals surface area (Å²) in [5, 5.41) is 6.72. The molecule has 3 aromatic rings. The summed E-state index contributed by atoms with van der Waals surface area (Å²) in [6.45, 7) is 7.28. The van der Waals surface area contributed by atoms with Gasteiger partial charge in [-0.2, -0.15) is 0 Å². The third-order valence-corrected chi connectivity index (χ3v) is 5.73. The van der Waals surface area contributed by atoms with Crippen LogP contribution < -0.4 is 5.32 Å². The quantitative estimate of drug-likeness (QED) is 0.421. The Balaban J connectivity index is 1.64. The highest BCUT2D eigenvalue weighted by Gasteiger charge is 2.21. The Morgan fingerprint density at radius 2 is 1.80 bits per heavy atom. The summed E-state index contributed by atoms with van der Waals surface area (Å²) in [6, 6.07) is 14.6. The van der Waals surface area contributed by atoms with Gasteiger partial charge in [0.05, 0.1) is 11.3 Å². The highest BCUT2D eigenvalue weighted by molar-refractivity contribution is 7.98. The zero-order chi connectivity index (χ0) is 21.7. The number of hydrogen-bond acceptors (Lipinski definition) is 6.